The molecule has 1 atom stereocenters. The minimum absolute atomic E-state index is 0.152. The maximum absolute atomic E-state index is 13.5. The average molecular weight is 424 g/mol. The molecule has 0 bridgehead atoms. The molecule has 3 heterocycles. The Labute approximate surface area is 180 Å². The SMILES string of the molecule is CN1CC2(CCN(Cc3ccc(F)c(F)c3)CC2)CC1c1noc(-c2ccccc2)n1. The Morgan fingerprint density at radius 3 is 2.58 bits per heavy atom. The van der Waals surface area contributed by atoms with Gasteiger partial charge in [0.15, 0.2) is 17.5 Å². The summed E-state index contributed by atoms with van der Waals surface area (Å²) < 4.78 is 32.2. The van der Waals surface area contributed by atoms with Crippen LogP contribution < -0.4 is 0 Å². The first-order chi connectivity index (χ1) is 15.0. The molecule has 0 amide bonds. The van der Waals surface area contributed by atoms with Crippen LogP contribution in [0.1, 0.15) is 36.7 Å². The quantitative estimate of drug-likeness (QED) is 0.609. The van der Waals surface area contributed by atoms with Crippen molar-refractivity contribution < 1.29 is 13.3 Å². The molecule has 3 aromatic rings. The van der Waals surface area contributed by atoms with E-state index in [4.69, 9.17) is 4.52 Å². The third-order valence-electron chi connectivity index (χ3n) is 6.81. The van der Waals surface area contributed by atoms with Crippen molar-refractivity contribution in [3.8, 4) is 11.5 Å². The predicted molar refractivity (Wildman–Crippen MR) is 113 cm³/mol. The van der Waals surface area contributed by atoms with Crippen LogP contribution in [-0.2, 0) is 6.54 Å². The Morgan fingerprint density at radius 2 is 1.84 bits per heavy atom. The molecule has 5 nitrogen and oxygen atoms in total. The monoisotopic (exact) mass is 424 g/mol. The van der Waals surface area contributed by atoms with Gasteiger partial charge in [0.25, 0.3) is 5.89 Å². The summed E-state index contributed by atoms with van der Waals surface area (Å²) in [5.41, 5.74) is 1.98. The molecule has 2 aromatic carbocycles. The Morgan fingerprint density at radius 1 is 1.06 bits per heavy atom. The van der Waals surface area contributed by atoms with Crippen LogP contribution in [-0.4, -0.2) is 46.6 Å². The molecule has 0 N–H and O–H groups in total. The van der Waals surface area contributed by atoms with E-state index in [-0.39, 0.29) is 11.5 Å². The highest BCUT2D eigenvalue weighted by molar-refractivity contribution is 5.52. The van der Waals surface area contributed by atoms with Crippen molar-refractivity contribution in [1.82, 2.24) is 19.9 Å². The van der Waals surface area contributed by atoms with Gasteiger partial charge in [-0.3, -0.25) is 9.80 Å². The lowest BCUT2D eigenvalue weighted by Gasteiger charge is -2.39. The minimum Gasteiger partial charge on any atom is -0.334 e. The first kappa shape index (κ1) is 20.3. The van der Waals surface area contributed by atoms with E-state index in [1.165, 1.54) is 12.1 Å². The molecule has 2 saturated heterocycles. The third kappa shape index (κ3) is 4.12. The zero-order valence-corrected chi connectivity index (χ0v) is 17.6. The molecule has 2 fully saturated rings. The largest absolute Gasteiger partial charge is 0.334 e. The predicted octanol–water partition coefficient (Wildman–Crippen LogP) is 4.67. The highest BCUT2D eigenvalue weighted by atomic mass is 19.2. The molecular formula is C24H26F2N4O. The molecule has 2 aliphatic rings. The van der Waals surface area contributed by atoms with Crippen molar-refractivity contribution in [3.63, 3.8) is 0 Å². The molecule has 5 rings (SSSR count). The number of hydrogen-bond acceptors (Lipinski definition) is 5. The standard InChI is InChI=1S/C24H26F2N4O/c1-29-16-24(9-11-30(12-10-24)15-17-7-8-19(25)20(26)13-17)14-21(29)22-27-23(31-28-22)18-5-3-2-4-6-18/h2-8,13,21H,9-12,14-16H2,1H3. The maximum Gasteiger partial charge on any atom is 0.257 e. The van der Waals surface area contributed by atoms with Gasteiger partial charge in [-0.05, 0) is 74.6 Å². The average Bonchev–Trinajstić information content (AvgIpc) is 3.38. The van der Waals surface area contributed by atoms with E-state index in [1.54, 1.807) is 6.07 Å². The van der Waals surface area contributed by atoms with E-state index in [0.717, 1.165) is 55.8 Å². The first-order valence-corrected chi connectivity index (χ1v) is 10.8. The summed E-state index contributed by atoms with van der Waals surface area (Å²) in [5.74, 6) is -0.256. The number of piperidine rings is 1. The zero-order valence-electron chi connectivity index (χ0n) is 17.6. The fraction of sp³-hybridized carbons (Fsp3) is 0.417. The van der Waals surface area contributed by atoms with Crippen molar-refractivity contribution in [2.45, 2.75) is 31.8 Å². The lowest BCUT2D eigenvalue weighted by Crippen LogP contribution is -2.40. The highest BCUT2D eigenvalue weighted by Gasteiger charge is 2.46. The van der Waals surface area contributed by atoms with Crippen molar-refractivity contribution in [2.75, 3.05) is 26.7 Å². The number of benzene rings is 2. The Balaban J connectivity index is 1.23. The van der Waals surface area contributed by atoms with Gasteiger partial charge in [-0.1, -0.05) is 29.4 Å². The van der Waals surface area contributed by atoms with Gasteiger partial charge in [0.2, 0.25) is 0 Å². The molecule has 162 valence electrons. The van der Waals surface area contributed by atoms with Crippen LogP contribution >= 0.6 is 0 Å². The number of halogens is 2. The van der Waals surface area contributed by atoms with Gasteiger partial charge in [0.05, 0.1) is 6.04 Å². The fourth-order valence-corrected chi connectivity index (χ4v) is 5.07. The van der Waals surface area contributed by atoms with Gasteiger partial charge in [-0.25, -0.2) is 8.78 Å². The van der Waals surface area contributed by atoms with E-state index in [0.29, 0.717) is 12.4 Å². The molecule has 0 aliphatic carbocycles. The summed E-state index contributed by atoms with van der Waals surface area (Å²) in [6.45, 7) is 3.55. The normalized spacial score (nSPS) is 21.7. The van der Waals surface area contributed by atoms with Crippen LogP contribution in [0.5, 0.6) is 0 Å². The van der Waals surface area contributed by atoms with Crippen molar-refractivity contribution >= 4 is 0 Å². The van der Waals surface area contributed by atoms with E-state index >= 15 is 0 Å². The zero-order chi connectivity index (χ0) is 21.4. The van der Waals surface area contributed by atoms with E-state index < -0.39 is 11.6 Å². The number of nitrogens with zero attached hydrogens (tertiary/aromatic N) is 4. The summed E-state index contributed by atoms with van der Waals surface area (Å²) in [7, 11) is 2.13. The van der Waals surface area contributed by atoms with Gasteiger partial charge in [-0.15, -0.1) is 0 Å². The lowest BCUT2D eigenvalue weighted by molar-refractivity contribution is 0.105. The molecule has 0 saturated carbocycles. The molecule has 7 heteroatoms. The Kier molecular flexibility index (Phi) is 5.32. The van der Waals surface area contributed by atoms with Crippen LogP contribution in [0, 0.1) is 17.0 Å². The molecule has 1 unspecified atom stereocenters. The maximum atomic E-state index is 13.5. The molecule has 31 heavy (non-hydrogen) atoms. The molecule has 0 radical (unpaired) electrons. The van der Waals surface area contributed by atoms with E-state index in [2.05, 4.69) is 27.0 Å². The van der Waals surface area contributed by atoms with Gasteiger partial charge in [-0.2, -0.15) is 4.98 Å². The second-order valence-corrected chi connectivity index (χ2v) is 8.98. The number of hydrogen-bond donors (Lipinski definition) is 0. The van der Waals surface area contributed by atoms with Gasteiger partial charge in [0, 0.05) is 18.7 Å². The second-order valence-electron chi connectivity index (χ2n) is 8.98. The summed E-state index contributed by atoms with van der Waals surface area (Å²) in [6.07, 6.45) is 3.15. The molecule has 1 spiro atoms. The Hall–Kier alpha value is -2.64. The van der Waals surface area contributed by atoms with Crippen molar-refractivity contribution in [3.05, 3.63) is 71.6 Å². The molecular weight excluding hydrogens is 398 g/mol. The Bertz CT molecular complexity index is 1050. The van der Waals surface area contributed by atoms with Crippen LogP contribution in [0.3, 0.4) is 0 Å². The fourth-order valence-electron chi connectivity index (χ4n) is 5.07. The second kappa shape index (κ2) is 8.13. The van der Waals surface area contributed by atoms with Crippen LogP contribution in [0.15, 0.2) is 53.1 Å². The van der Waals surface area contributed by atoms with Crippen LogP contribution in [0.4, 0.5) is 8.78 Å². The number of rotatable bonds is 4. The van der Waals surface area contributed by atoms with Gasteiger partial charge < -0.3 is 4.52 Å². The number of likely N-dealkylation sites (tertiary alicyclic amines) is 2. The first-order valence-electron chi connectivity index (χ1n) is 10.8. The highest BCUT2D eigenvalue weighted by Crippen LogP contribution is 2.48. The third-order valence-corrected chi connectivity index (χ3v) is 6.81. The van der Waals surface area contributed by atoms with Crippen LogP contribution in [0.2, 0.25) is 0 Å². The number of aromatic nitrogens is 2. The van der Waals surface area contributed by atoms with E-state index in [9.17, 15) is 8.78 Å². The smallest absolute Gasteiger partial charge is 0.257 e. The van der Waals surface area contributed by atoms with Crippen molar-refractivity contribution in [2.24, 2.45) is 5.41 Å². The molecule has 2 aliphatic heterocycles. The summed E-state index contributed by atoms with van der Waals surface area (Å²) in [4.78, 5) is 9.35. The van der Waals surface area contributed by atoms with Gasteiger partial charge in [0.1, 0.15) is 0 Å². The van der Waals surface area contributed by atoms with E-state index in [1.807, 2.05) is 30.3 Å². The summed E-state index contributed by atoms with van der Waals surface area (Å²) in [5, 5.41) is 4.28. The summed E-state index contributed by atoms with van der Waals surface area (Å²) >= 11 is 0. The van der Waals surface area contributed by atoms with Gasteiger partial charge >= 0.3 is 0 Å². The topological polar surface area (TPSA) is 45.4 Å². The minimum atomic E-state index is -0.793. The molecule has 1 aromatic heterocycles. The van der Waals surface area contributed by atoms with Crippen molar-refractivity contribution in [1.29, 1.82) is 0 Å². The van der Waals surface area contributed by atoms with Crippen LogP contribution in [0.25, 0.3) is 11.5 Å². The lowest BCUT2D eigenvalue weighted by atomic mass is 9.76. The summed E-state index contributed by atoms with van der Waals surface area (Å²) in [6, 6.07) is 14.2.